The van der Waals surface area contributed by atoms with Crippen LogP contribution in [0, 0.1) is 0 Å². The van der Waals surface area contributed by atoms with E-state index in [4.69, 9.17) is 15.0 Å². The number of rotatable bonds is 10. The molecule has 17 heavy (non-hydrogen) atoms. The van der Waals surface area contributed by atoms with Crippen LogP contribution in [-0.2, 0) is 19.1 Å². The van der Waals surface area contributed by atoms with Crippen LogP contribution in [0.5, 0.6) is 0 Å². The Morgan fingerprint density at radius 2 is 2.00 bits per heavy atom. The quantitative estimate of drug-likeness (QED) is 0.253. The monoisotopic (exact) mass is 244 g/mol. The molecule has 0 atom stereocenters. The maximum atomic E-state index is 11.1. The van der Waals surface area contributed by atoms with Crippen LogP contribution in [0.1, 0.15) is 6.92 Å². The van der Waals surface area contributed by atoms with Crippen LogP contribution in [0.2, 0.25) is 0 Å². The molecule has 0 fully saturated rings. The maximum absolute atomic E-state index is 11.1. The van der Waals surface area contributed by atoms with Gasteiger partial charge in [-0.25, -0.2) is 0 Å². The second kappa shape index (κ2) is 10.9. The minimum Gasteiger partial charge on any atom is -0.372 e. The van der Waals surface area contributed by atoms with Crippen LogP contribution in [0.4, 0.5) is 0 Å². The lowest BCUT2D eigenvalue weighted by Gasteiger charge is -2.05. The van der Waals surface area contributed by atoms with Gasteiger partial charge in [-0.1, -0.05) is 5.11 Å². The highest BCUT2D eigenvalue weighted by atomic mass is 16.5. The lowest BCUT2D eigenvalue weighted by atomic mass is 10.5. The third-order valence-corrected chi connectivity index (χ3v) is 1.51. The lowest BCUT2D eigenvalue weighted by Crippen LogP contribution is -2.31. The summed E-state index contributed by atoms with van der Waals surface area (Å²) in [6.45, 7) is 2.40. The minimum absolute atomic E-state index is 0.0541. The standard InChI is InChI=1S/C9H16N4O4/c1-8(14)6-16-4-2-11-9(15)7-17-5-3-12-13-10/h2-7H2,1H3,(H,11,15). The van der Waals surface area contributed by atoms with E-state index in [2.05, 4.69) is 15.3 Å². The van der Waals surface area contributed by atoms with Crippen molar-refractivity contribution < 1.29 is 19.1 Å². The molecule has 8 heteroatoms. The summed E-state index contributed by atoms with van der Waals surface area (Å²) < 4.78 is 9.86. The average Bonchev–Trinajstić information content (AvgIpc) is 2.28. The number of azide groups is 1. The van der Waals surface area contributed by atoms with Gasteiger partial charge in [-0.15, -0.1) is 0 Å². The van der Waals surface area contributed by atoms with Gasteiger partial charge >= 0.3 is 0 Å². The molecule has 0 aromatic rings. The van der Waals surface area contributed by atoms with Gasteiger partial charge in [0, 0.05) is 18.0 Å². The molecule has 96 valence electrons. The fourth-order valence-corrected chi connectivity index (χ4v) is 0.845. The predicted molar refractivity (Wildman–Crippen MR) is 59.3 cm³/mol. The molecule has 0 rings (SSSR count). The highest BCUT2D eigenvalue weighted by Crippen LogP contribution is 1.79. The Kier molecular flexibility index (Phi) is 9.83. The third-order valence-electron chi connectivity index (χ3n) is 1.51. The molecule has 0 saturated carbocycles. The van der Waals surface area contributed by atoms with Crippen molar-refractivity contribution in [2.45, 2.75) is 6.92 Å². The number of ether oxygens (including phenoxy) is 2. The van der Waals surface area contributed by atoms with Crippen LogP contribution < -0.4 is 5.32 Å². The summed E-state index contributed by atoms with van der Waals surface area (Å²) in [5.41, 5.74) is 7.97. The van der Waals surface area contributed by atoms with E-state index in [1.807, 2.05) is 0 Å². The lowest BCUT2D eigenvalue weighted by molar-refractivity contribution is -0.125. The molecular weight excluding hydrogens is 228 g/mol. The summed E-state index contributed by atoms with van der Waals surface area (Å²) in [6, 6.07) is 0. The summed E-state index contributed by atoms with van der Waals surface area (Å²) in [6.07, 6.45) is 0. The zero-order valence-corrected chi connectivity index (χ0v) is 9.72. The average molecular weight is 244 g/mol. The Labute approximate surface area is 98.9 Å². The zero-order valence-electron chi connectivity index (χ0n) is 9.72. The summed E-state index contributed by atoms with van der Waals surface area (Å²) in [5.74, 6) is -0.338. The number of nitrogens with zero attached hydrogens (tertiary/aromatic N) is 3. The summed E-state index contributed by atoms with van der Waals surface area (Å²) in [4.78, 5) is 24.1. The van der Waals surface area contributed by atoms with Gasteiger partial charge < -0.3 is 14.8 Å². The van der Waals surface area contributed by atoms with Gasteiger partial charge in [0.25, 0.3) is 0 Å². The molecule has 1 amide bonds. The van der Waals surface area contributed by atoms with Crippen molar-refractivity contribution in [1.29, 1.82) is 0 Å². The van der Waals surface area contributed by atoms with Crippen molar-refractivity contribution in [3.63, 3.8) is 0 Å². The topological polar surface area (TPSA) is 113 Å². The van der Waals surface area contributed by atoms with Crippen LogP contribution in [0.15, 0.2) is 5.11 Å². The van der Waals surface area contributed by atoms with Gasteiger partial charge in [0.2, 0.25) is 5.91 Å². The number of ketones is 1. The van der Waals surface area contributed by atoms with Gasteiger partial charge in [0.05, 0.1) is 13.2 Å². The van der Waals surface area contributed by atoms with Crippen LogP contribution in [0.3, 0.4) is 0 Å². The van der Waals surface area contributed by atoms with E-state index in [9.17, 15) is 9.59 Å². The van der Waals surface area contributed by atoms with Crippen LogP contribution in [0.25, 0.3) is 10.4 Å². The molecule has 0 aliphatic rings. The van der Waals surface area contributed by atoms with Crippen molar-refractivity contribution in [2.75, 3.05) is 39.5 Å². The first-order valence-corrected chi connectivity index (χ1v) is 5.09. The second-order valence-electron chi connectivity index (χ2n) is 3.11. The predicted octanol–water partition coefficient (Wildman–Crippen LogP) is 0.0351. The number of hydrogen-bond acceptors (Lipinski definition) is 5. The van der Waals surface area contributed by atoms with E-state index in [0.717, 1.165) is 0 Å². The molecule has 8 nitrogen and oxygen atoms in total. The molecule has 0 bridgehead atoms. The van der Waals surface area contributed by atoms with Crippen LogP contribution in [-0.4, -0.2) is 51.2 Å². The first kappa shape index (κ1) is 15.4. The van der Waals surface area contributed by atoms with Crippen molar-refractivity contribution >= 4 is 11.7 Å². The number of carbonyl (C=O) groups excluding carboxylic acids is 2. The van der Waals surface area contributed by atoms with Gasteiger partial charge in [0.15, 0.2) is 5.78 Å². The molecule has 0 radical (unpaired) electrons. The van der Waals surface area contributed by atoms with E-state index >= 15 is 0 Å². The molecule has 1 N–H and O–H groups in total. The normalized spacial score (nSPS) is 9.47. The molecule has 0 spiro atoms. The Bertz CT molecular complexity index is 289. The maximum Gasteiger partial charge on any atom is 0.246 e. The molecule has 0 unspecified atom stereocenters. The summed E-state index contributed by atoms with van der Waals surface area (Å²) in [7, 11) is 0. The zero-order chi connectivity index (χ0) is 12.9. The fourth-order valence-electron chi connectivity index (χ4n) is 0.845. The molecule has 0 aliphatic heterocycles. The van der Waals surface area contributed by atoms with E-state index in [-0.39, 0.29) is 44.7 Å². The van der Waals surface area contributed by atoms with Gasteiger partial charge in [0.1, 0.15) is 13.2 Å². The van der Waals surface area contributed by atoms with Crippen molar-refractivity contribution in [3.05, 3.63) is 10.4 Å². The van der Waals surface area contributed by atoms with Gasteiger partial charge in [-0.05, 0) is 12.5 Å². The highest BCUT2D eigenvalue weighted by molar-refractivity contribution is 5.77. The van der Waals surface area contributed by atoms with Crippen molar-refractivity contribution in [1.82, 2.24) is 5.32 Å². The van der Waals surface area contributed by atoms with Crippen molar-refractivity contribution in [3.8, 4) is 0 Å². The number of nitrogens with one attached hydrogen (secondary N) is 1. The molecule has 0 saturated heterocycles. The number of amides is 1. The Hall–Kier alpha value is -1.63. The second-order valence-corrected chi connectivity index (χ2v) is 3.11. The fraction of sp³-hybridized carbons (Fsp3) is 0.778. The van der Waals surface area contributed by atoms with E-state index < -0.39 is 0 Å². The molecule has 0 heterocycles. The third kappa shape index (κ3) is 12.3. The SMILES string of the molecule is CC(=O)COCCNC(=O)COCCN=[N+]=[N-]. The number of hydrogen-bond donors (Lipinski definition) is 1. The smallest absolute Gasteiger partial charge is 0.246 e. The van der Waals surface area contributed by atoms with Crippen molar-refractivity contribution in [2.24, 2.45) is 5.11 Å². The Morgan fingerprint density at radius 3 is 2.65 bits per heavy atom. The minimum atomic E-state index is -0.280. The van der Waals surface area contributed by atoms with Gasteiger partial charge in [-0.3, -0.25) is 9.59 Å². The summed E-state index contributed by atoms with van der Waals surface area (Å²) >= 11 is 0. The molecule has 0 aromatic heterocycles. The number of carbonyl (C=O) groups is 2. The van der Waals surface area contributed by atoms with Gasteiger partial charge in [-0.2, -0.15) is 0 Å². The van der Waals surface area contributed by atoms with E-state index in [0.29, 0.717) is 6.54 Å². The molecule has 0 aliphatic carbocycles. The van der Waals surface area contributed by atoms with E-state index in [1.165, 1.54) is 6.92 Å². The largest absolute Gasteiger partial charge is 0.372 e. The van der Waals surface area contributed by atoms with E-state index in [1.54, 1.807) is 0 Å². The highest BCUT2D eigenvalue weighted by Gasteiger charge is 2.00. The summed E-state index contributed by atoms with van der Waals surface area (Å²) in [5, 5.41) is 5.79. The Balaban J connectivity index is 3.28. The Morgan fingerprint density at radius 1 is 1.29 bits per heavy atom. The first-order chi connectivity index (χ1) is 8.16. The molecular formula is C9H16N4O4. The molecule has 0 aromatic carbocycles. The first-order valence-electron chi connectivity index (χ1n) is 5.09. The number of Topliss-reactive ketones (excluding diaryl/α,β-unsaturated/α-hetero) is 1. The van der Waals surface area contributed by atoms with Crippen LogP contribution >= 0.6 is 0 Å².